The molecule has 1 amide bonds. The Morgan fingerprint density at radius 1 is 1.37 bits per heavy atom. The first-order valence-electron chi connectivity index (χ1n) is 6.11. The van der Waals surface area contributed by atoms with Crippen molar-refractivity contribution in [2.75, 3.05) is 12.4 Å². The molecule has 5 heteroatoms. The van der Waals surface area contributed by atoms with Gasteiger partial charge in [-0.25, -0.2) is 4.98 Å². The van der Waals surface area contributed by atoms with E-state index in [1.807, 2.05) is 38.2 Å². The zero-order valence-electron chi connectivity index (χ0n) is 11.2. The van der Waals surface area contributed by atoms with Gasteiger partial charge in [0, 0.05) is 23.8 Å². The minimum absolute atomic E-state index is 0.0869. The van der Waals surface area contributed by atoms with Crippen molar-refractivity contribution in [2.45, 2.75) is 19.9 Å². The van der Waals surface area contributed by atoms with Crippen molar-refractivity contribution in [1.29, 1.82) is 0 Å². The fourth-order valence-electron chi connectivity index (χ4n) is 1.81. The van der Waals surface area contributed by atoms with Gasteiger partial charge in [-0.3, -0.25) is 4.79 Å². The van der Waals surface area contributed by atoms with Crippen LogP contribution in [0.1, 0.15) is 33.2 Å². The number of aryl methyl sites for hydroxylation is 1. The highest BCUT2D eigenvalue weighted by molar-refractivity contribution is 7.11. The summed E-state index contributed by atoms with van der Waals surface area (Å²) in [6, 6.07) is 7.36. The third-order valence-electron chi connectivity index (χ3n) is 2.80. The van der Waals surface area contributed by atoms with E-state index >= 15 is 0 Å². The van der Waals surface area contributed by atoms with Gasteiger partial charge in [0.05, 0.1) is 11.6 Å². The number of hydrogen-bond donors (Lipinski definition) is 2. The van der Waals surface area contributed by atoms with E-state index in [4.69, 9.17) is 0 Å². The summed E-state index contributed by atoms with van der Waals surface area (Å²) in [5.74, 6) is -0.0923. The number of nitrogens with one attached hydrogen (secondary N) is 2. The number of thiazole rings is 1. The second kappa shape index (κ2) is 5.84. The molecule has 1 heterocycles. The molecule has 0 bridgehead atoms. The highest BCUT2D eigenvalue weighted by atomic mass is 32.1. The summed E-state index contributed by atoms with van der Waals surface area (Å²) in [5, 5.41) is 6.91. The molecule has 1 aromatic heterocycles. The van der Waals surface area contributed by atoms with Gasteiger partial charge in [0.25, 0.3) is 5.91 Å². The fraction of sp³-hybridized carbons (Fsp3) is 0.286. The minimum Gasteiger partial charge on any atom is -0.387 e. The molecule has 0 saturated heterocycles. The van der Waals surface area contributed by atoms with Crippen molar-refractivity contribution in [3.63, 3.8) is 0 Å². The van der Waals surface area contributed by atoms with E-state index in [2.05, 4.69) is 15.6 Å². The summed E-state index contributed by atoms with van der Waals surface area (Å²) in [4.78, 5) is 17.7. The number of benzene rings is 1. The second-order valence-electron chi connectivity index (χ2n) is 4.30. The topological polar surface area (TPSA) is 54.0 Å². The van der Waals surface area contributed by atoms with Crippen molar-refractivity contribution in [3.8, 4) is 0 Å². The first kappa shape index (κ1) is 13.5. The van der Waals surface area contributed by atoms with Crippen LogP contribution in [0.15, 0.2) is 30.5 Å². The largest absolute Gasteiger partial charge is 0.387 e. The van der Waals surface area contributed by atoms with Crippen LogP contribution in [0.3, 0.4) is 0 Å². The maximum absolute atomic E-state index is 12.2. The number of carbonyl (C=O) groups excluding carboxylic acids is 1. The van der Waals surface area contributed by atoms with Crippen LogP contribution in [0.25, 0.3) is 0 Å². The van der Waals surface area contributed by atoms with E-state index in [1.165, 1.54) is 0 Å². The van der Waals surface area contributed by atoms with Crippen LogP contribution in [0.4, 0.5) is 5.69 Å². The van der Waals surface area contributed by atoms with Crippen LogP contribution in [-0.4, -0.2) is 17.9 Å². The molecule has 0 aliphatic carbocycles. The molecule has 4 nitrogen and oxygen atoms in total. The molecule has 0 spiro atoms. The summed E-state index contributed by atoms with van der Waals surface area (Å²) in [7, 11) is 1.81. The Hall–Kier alpha value is -1.88. The van der Waals surface area contributed by atoms with Gasteiger partial charge in [0.15, 0.2) is 0 Å². The molecule has 0 aliphatic heterocycles. The third kappa shape index (κ3) is 3.12. The Morgan fingerprint density at radius 2 is 2.11 bits per heavy atom. The Bertz CT molecular complexity index is 580. The summed E-state index contributed by atoms with van der Waals surface area (Å²) in [6.45, 7) is 3.95. The fourth-order valence-corrected chi connectivity index (χ4v) is 2.58. The Morgan fingerprint density at radius 3 is 2.74 bits per heavy atom. The van der Waals surface area contributed by atoms with Gasteiger partial charge in [0.1, 0.15) is 5.01 Å². The number of hydrogen-bond acceptors (Lipinski definition) is 4. The molecule has 1 unspecified atom stereocenters. The van der Waals surface area contributed by atoms with Crippen LogP contribution >= 0.6 is 11.3 Å². The van der Waals surface area contributed by atoms with Crippen LogP contribution in [0.5, 0.6) is 0 Å². The first-order chi connectivity index (χ1) is 9.11. The van der Waals surface area contributed by atoms with Gasteiger partial charge in [-0.2, -0.15) is 0 Å². The number of carbonyl (C=O) groups is 1. The molecular formula is C14H17N3OS. The van der Waals surface area contributed by atoms with Gasteiger partial charge in [0.2, 0.25) is 0 Å². The van der Waals surface area contributed by atoms with Gasteiger partial charge in [-0.05, 0) is 26.0 Å². The van der Waals surface area contributed by atoms with Crippen LogP contribution in [0.2, 0.25) is 0 Å². The van der Waals surface area contributed by atoms with E-state index in [0.29, 0.717) is 5.56 Å². The Balaban J connectivity index is 2.12. The molecule has 0 radical (unpaired) electrons. The average Bonchev–Trinajstić information content (AvgIpc) is 2.85. The zero-order valence-corrected chi connectivity index (χ0v) is 12.0. The maximum Gasteiger partial charge on any atom is 0.253 e. The number of para-hydroxylation sites is 1. The SMILES string of the molecule is CNc1ccccc1C(=O)NC(C)c1ncc(C)s1. The van der Waals surface area contributed by atoms with Crippen LogP contribution < -0.4 is 10.6 Å². The van der Waals surface area contributed by atoms with Gasteiger partial charge in [-0.1, -0.05) is 12.1 Å². The molecule has 100 valence electrons. The monoisotopic (exact) mass is 275 g/mol. The third-order valence-corrected chi connectivity index (χ3v) is 3.89. The van der Waals surface area contributed by atoms with Crippen molar-refractivity contribution in [3.05, 3.63) is 45.9 Å². The van der Waals surface area contributed by atoms with Gasteiger partial charge < -0.3 is 10.6 Å². The highest BCUT2D eigenvalue weighted by Crippen LogP contribution is 2.20. The van der Waals surface area contributed by atoms with Crippen molar-refractivity contribution in [2.24, 2.45) is 0 Å². The molecule has 0 aliphatic rings. The van der Waals surface area contributed by atoms with Crippen LogP contribution in [0, 0.1) is 6.92 Å². The van der Waals surface area contributed by atoms with E-state index in [-0.39, 0.29) is 11.9 Å². The molecule has 1 aromatic carbocycles. The second-order valence-corrected chi connectivity index (χ2v) is 5.57. The Labute approximate surface area is 116 Å². The number of rotatable bonds is 4. The molecule has 2 rings (SSSR count). The lowest BCUT2D eigenvalue weighted by atomic mass is 10.1. The predicted octanol–water partition coefficient (Wildman–Crippen LogP) is 2.98. The van der Waals surface area contributed by atoms with Crippen LogP contribution in [-0.2, 0) is 0 Å². The molecule has 19 heavy (non-hydrogen) atoms. The minimum atomic E-state index is -0.0923. The summed E-state index contributed by atoms with van der Waals surface area (Å²) in [6.07, 6.45) is 1.82. The molecule has 0 saturated carbocycles. The molecule has 2 aromatic rings. The first-order valence-corrected chi connectivity index (χ1v) is 6.93. The number of aromatic nitrogens is 1. The number of anilines is 1. The normalized spacial score (nSPS) is 11.9. The molecule has 2 N–H and O–H groups in total. The number of amides is 1. The standard InChI is InChI=1S/C14H17N3OS/c1-9-8-16-14(19-9)10(2)17-13(18)11-6-4-5-7-12(11)15-3/h4-8,10,15H,1-3H3,(H,17,18). The smallest absolute Gasteiger partial charge is 0.253 e. The molecular weight excluding hydrogens is 258 g/mol. The van der Waals surface area contributed by atoms with E-state index < -0.39 is 0 Å². The van der Waals surface area contributed by atoms with Crippen molar-refractivity contribution in [1.82, 2.24) is 10.3 Å². The lowest BCUT2D eigenvalue weighted by Crippen LogP contribution is -2.27. The lowest BCUT2D eigenvalue weighted by Gasteiger charge is -2.13. The quantitative estimate of drug-likeness (QED) is 0.902. The van der Waals surface area contributed by atoms with Crippen molar-refractivity contribution >= 4 is 22.9 Å². The van der Waals surface area contributed by atoms with E-state index in [0.717, 1.165) is 15.6 Å². The van der Waals surface area contributed by atoms with E-state index in [1.54, 1.807) is 24.5 Å². The van der Waals surface area contributed by atoms with Crippen molar-refractivity contribution < 1.29 is 4.79 Å². The average molecular weight is 275 g/mol. The van der Waals surface area contributed by atoms with Gasteiger partial charge >= 0.3 is 0 Å². The lowest BCUT2D eigenvalue weighted by molar-refractivity contribution is 0.0940. The Kier molecular flexibility index (Phi) is 4.16. The highest BCUT2D eigenvalue weighted by Gasteiger charge is 2.15. The summed E-state index contributed by atoms with van der Waals surface area (Å²) in [5.41, 5.74) is 1.47. The number of nitrogens with zero attached hydrogens (tertiary/aromatic N) is 1. The summed E-state index contributed by atoms with van der Waals surface area (Å²) >= 11 is 1.60. The van der Waals surface area contributed by atoms with E-state index in [9.17, 15) is 4.79 Å². The predicted molar refractivity (Wildman–Crippen MR) is 78.7 cm³/mol. The molecule has 0 fully saturated rings. The maximum atomic E-state index is 12.2. The summed E-state index contributed by atoms with van der Waals surface area (Å²) < 4.78 is 0. The molecule has 1 atom stereocenters. The van der Waals surface area contributed by atoms with Gasteiger partial charge in [-0.15, -0.1) is 11.3 Å². The zero-order chi connectivity index (χ0) is 13.8.